The van der Waals surface area contributed by atoms with Crippen LogP contribution in [0.3, 0.4) is 0 Å². The van der Waals surface area contributed by atoms with E-state index < -0.39 is 17.3 Å². The number of nitrogens with one attached hydrogen (secondary N) is 1. The predicted octanol–water partition coefficient (Wildman–Crippen LogP) is 3.69. The molecule has 2 heterocycles. The Kier molecular flexibility index (Phi) is 4.72. The SMILES string of the molecule is COC(=O)C1=C(N)N(c2ccccc2)C2=C(C(=O)CC(C)(C)C2)C12C(=O)Nc1ccc(C)cc12. The number of Topliss-reactive ketones (excluding diaryl/α,β-unsaturated/α-hetero) is 1. The first-order valence-electron chi connectivity index (χ1n) is 11.2. The Morgan fingerprint density at radius 2 is 1.79 bits per heavy atom. The van der Waals surface area contributed by atoms with Crippen molar-refractivity contribution in [3.8, 4) is 0 Å². The molecule has 1 atom stereocenters. The fourth-order valence-electron chi connectivity index (χ4n) is 5.62. The van der Waals surface area contributed by atoms with Crippen molar-refractivity contribution in [2.24, 2.45) is 11.1 Å². The molecule has 2 aromatic carbocycles. The highest BCUT2D eigenvalue weighted by molar-refractivity contribution is 6.23. The Morgan fingerprint density at radius 1 is 1.09 bits per heavy atom. The van der Waals surface area contributed by atoms with Crippen molar-refractivity contribution < 1.29 is 19.1 Å². The Balaban J connectivity index is 1.94. The van der Waals surface area contributed by atoms with Crippen molar-refractivity contribution in [2.75, 3.05) is 17.3 Å². The van der Waals surface area contributed by atoms with E-state index >= 15 is 0 Å². The van der Waals surface area contributed by atoms with Gasteiger partial charge < -0.3 is 15.8 Å². The van der Waals surface area contributed by atoms with Gasteiger partial charge in [-0.05, 0) is 37.0 Å². The van der Waals surface area contributed by atoms with Crippen molar-refractivity contribution >= 4 is 29.0 Å². The van der Waals surface area contributed by atoms with Gasteiger partial charge >= 0.3 is 5.97 Å². The van der Waals surface area contributed by atoms with E-state index in [9.17, 15) is 14.4 Å². The zero-order valence-corrected chi connectivity index (χ0v) is 19.7. The second-order valence-electron chi connectivity index (χ2n) is 9.94. The van der Waals surface area contributed by atoms with Gasteiger partial charge in [0.2, 0.25) is 5.91 Å². The van der Waals surface area contributed by atoms with Gasteiger partial charge in [0.15, 0.2) is 5.78 Å². The summed E-state index contributed by atoms with van der Waals surface area (Å²) in [5.41, 5.74) is 8.36. The summed E-state index contributed by atoms with van der Waals surface area (Å²) in [4.78, 5) is 42.9. The molecule has 1 amide bonds. The number of ketones is 1. The van der Waals surface area contributed by atoms with Gasteiger partial charge in [0.1, 0.15) is 16.8 Å². The van der Waals surface area contributed by atoms with Crippen molar-refractivity contribution in [3.63, 3.8) is 0 Å². The number of carbonyl (C=O) groups is 3. The molecular formula is C27H27N3O4. The number of esters is 1. The molecule has 0 fully saturated rings. The maximum absolute atomic E-state index is 13.9. The number of anilines is 2. The van der Waals surface area contributed by atoms with Crippen LogP contribution in [0.2, 0.25) is 0 Å². The van der Waals surface area contributed by atoms with Crippen LogP contribution in [0.15, 0.2) is 71.2 Å². The summed E-state index contributed by atoms with van der Waals surface area (Å²) in [7, 11) is 1.25. The number of nitrogens with two attached hydrogens (primary N) is 1. The second-order valence-corrected chi connectivity index (χ2v) is 9.94. The second kappa shape index (κ2) is 7.32. The number of methoxy groups -OCH3 is 1. The number of para-hydroxylation sites is 1. The number of ether oxygens (including phenoxy) is 1. The lowest BCUT2D eigenvalue weighted by Gasteiger charge is -2.47. The third kappa shape index (κ3) is 2.86. The molecule has 3 aliphatic rings. The Hall–Kier alpha value is -3.87. The fourth-order valence-corrected chi connectivity index (χ4v) is 5.62. The first-order chi connectivity index (χ1) is 16.1. The van der Waals surface area contributed by atoms with Crippen LogP contribution in [0.1, 0.15) is 37.8 Å². The number of carbonyl (C=O) groups excluding carboxylic acids is 3. The maximum Gasteiger partial charge on any atom is 0.339 e. The average molecular weight is 458 g/mol. The Morgan fingerprint density at radius 3 is 2.47 bits per heavy atom. The highest BCUT2D eigenvalue weighted by atomic mass is 16.5. The summed E-state index contributed by atoms with van der Waals surface area (Å²) in [6, 6.07) is 14.9. The smallest absolute Gasteiger partial charge is 0.339 e. The Bertz CT molecular complexity index is 1320. The van der Waals surface area contributed by atoms with E-state index in [1.54, 1.807) is 11.0 Å². The lowest BCUT2D eigenvalue weighted by Crippen LogP contribution is -2.54. The van der Waals surface area contributed by atoms with E-state index in [0.29, 0.717) is 34.6 Å². The first kappa shape index (κ1) is 21.9. The zero-order chi connectivity index (χ0) is 24.4. The molecule has 7 heteroatoms. The van der Waals surface area contributed by atoms with Gasteiger partial charge in [-0.15, -0.1) is 0 Å². The lowest BCUT2D eigenvalue weighted by atomic mass is 9.60. The van der Waals surface area contributed by atoms with Crippen LogP contribution in [0, 0.1) is 12.3 Å². The molecule has 2 aliphatic heterocycles. The van der Waals surface area contributed by atoms with E-state index in [4.69, 9.17) is 10.5 Å². The molecule has 1 aliphatic carbocycles. The monoisotopic (exact) mass is 457 g/mol. The van der Waals surface area contributed by atoms with Gasteiger partial charge in [-0.3, -0.25) is 14.5 Å². The van der Waals surface area contributed by atoms with Crippen molar-refractivity contribution in [1.29, 1.82) is 0 Å². The number of hydrogen-bond donors (Lipinski definition) is 2. The number of benzene rings is 2. The van der Waals surface area contributed by atoms with E-state index in [1.165, 1.54) is 7.11 Å². The molecule has 0 saturated carbocycles. The molecule has 3 N–H and O–H groups in total. The molecule has 0 aromatic heterocycles. The third-order valence-corrected chi connectivity index (χ3v) is 6.94. The van der Waals surface area contributed by atoms with E-state index in [2.05, 4.69) is 5.32 Å². The number of hydrogen-bond acceptors (Lipinski definition) is 6. The van der Waals surface area contributed by atoms with Gasteiger partial charge in [0, 0.05) is 34.6 Å². The fraction of sp³-hybridized carbons (Fsp3) is 0.296. The van der Waals surface area contributed by atoms with Crippen LogP contribution in [0.25, 0.3) is 0 Å². The number of rotatable bonds is 2. The molecule has 7 nitrogen and oxygen atoms in total. The lowest BCUT2D eigenvalue weighted by molar-refractivity contribution is -0.138. The minimum atomic E-state index is -1.67. The molecule has 5 rings (SSSR count). The van der Waals surface area contributed by atoms with Crippen LogP contribution in [0.4, 0.5) is 11.4 Å². The van der Waals surface area contributed by atoms with Gasteiger partial charge in [-0.1, -0.05) is 49.7 Å². The summed E-state index contributed by atoms with van der Waals surface area (Å²) in [5.74, 6) is -1.30. The van der Waals surface area contributed by atoms with Crippen LogP contribution in [-0.2, 0) is 24.5 Å². The topological polar surface area (TPSA) is 102 Å². The van der Waals surface area contributed by atoms with Crippen molar-refractivity contribution in [3.05, 3.63) is 82.3 Å². The minimum absolute atomic E-state index is 0.0347. The van der Waals surface area contributed by atoms with Crippen LogP contribution in [-0.4, -0.2) is 24.8 Å². The molecule has 2 aromatic rings. The molecule has 0 radical (unpaired) electrons. The number of allylic oxidation sites excluding steroid dienone is 1. The van der Waals surface area contributed by atoms with Crippen LogP contribution < -0.4 is 16.0 Å². The van der Waals surface area contributed by atoms with Gasteiger partial charge in [0.25, 0.3) is 0 Å². The number of fused-ring (bicyclic) bond motifs is 3. The molecular weight excluding hydrogens is 430 g/mol. The molecule has 174 valence electrons. The van der Waals surface area contributed by atoms with Crippen LogP contribution in [0.5, 0.6) is 0 Å². The summed E-state index contributed by atoms with van der Waals surface area (Å²) in [6.07, 6.45) is 0.757. The quantitative estimate of drug-likeness (QED) is 0.667. The maximum atomic E-state index is 13.9. The molecule has 0 saturated heterocycles. The molecule has 0 bridgehead atoms. The van der Waals surface area contributed by atoms with E-state index in [1.807, 2.05) is 63.2 Å². The van der Waals surface area contributed by atoms with Crippen molar-refractivity contribution in [1.82, 2.24) is 0 Å². The zero-order valence-electron chi connectivity index (χ0n) is 19.7. The largest absolute Gasteiger partial charge is 0.466 e. The summed E-state index contributed by atoms with van der Waals surface area (Å²) in [6.45, 7) is 5.95. The third-order valence-electron chi connectivity index (χ3n) is 6.94. The normalized spacial score (nSPS) is 23.1. The van der Waals surface area contributed by atoms with Crippen molar-refractivity contribution in [2.45, 2.75) is 39.0 Å². The molecule has 1 spiro atoms. The predicted molar refractivity (Wildman–Crippen MR) is 129 cm³/mol. The van der Waals surface area contributed by atoms with Gasteiger partial charge in [-0.25, -0.2) is 4.79 Å². The summed E-state index contributed by atoms with van der Waals surface area (Å²) >= 11 is 0. The highest BCUT2D eigenvalue weighted by Gasteiger charge is 2.62. The highest BCUT2D eigenvalue weighted by Crippen LogP contribution is 2.57. The van der Waals surface area contributed by atoms with Crippen LogP contribution >= 0.6 is 0 Å². The molecule has 1 unspecified atom stereocenters. The first-order valence-corrected chi connectivity index (χ1v) is 11.2. The molecule has 34 heavy (non-hydrogen) atoms. The minimum Gasteiger partial charge on any atom is -0.466 e. The van der Waals surface area contributed by atoms with E-state index in [-0.39, 0.29) is 29.0 Å². The summed E-state index contributed by atoms with van der Waals surface area (Å²) < 4.78 is 5.16. The average Bonchev–Trinajstić information content (AvgIpc) is 3.04. The van der Waals surface area contributed by atoms with Gasteiger partial charge in [0.05, 0.1) is 7.11 Å². The number of nitrogens with zero attached hydrogens (tertiary/aromatic N) is 1. The summed E-state index contributed by atoms with van der Waals surface area (Å²) in [5, 5.41) is 2.90. The Labute approximate surface area is 198 Å². The van der Waals surface area contributed by atoms with E-state index in [0.717, 1.165) is 5.56 Å². The number of aryl methyl sites for hydroxylation is 1. The number of amides is 1. The standard InChI is InChI=1S/C27H27N3O4/c1-15-10-11-18-17(12-15)27(25(33)29-18)21-19(13-26(2,3)14-20(21)31)30(16-8-6-5-7-9-16)23(28)22(27)24(32)34-4/h5-12H,13-14,28H2,1-4H3,(H,29,33). The van der Waals surface area contributed by atoms with Gasteiger partial charge in [-0.2, -0.15) is 0 Å².